The maximum absolute atomic E-state index is 10.6. The zero-order chi connectivity index (χ0) is 13.8. The molecule has 0 radical (unpaired) electrons. The number of aryl methyl sites for hydroxylation is 1. The molecule has 0 aliphatic heterocycles. The first-order valence-electron chi connectivity index (χ1n) is 5.65. The molecule has 1 aromatic carbocycles. The van der Waals surface area contributed by atoms with Crippen molar-refractivity contribution in [3.8, 4) is 11.8 Å². The Morgan fingerprint density at radius 3 is 2.67 bits per heavy atom. The van der Waals surface area contributed by atoms with E-state index in [0.717, 1.165) is 5.56 Å². The van der Waals surface area contributed by atoms with Gasteiger partial charge in [0.15, 0.2) is 0 Å². The van der Waals surface area contributed by atoms with Crippen LogP contribution in [0.5, 0.6) is 5.75 Å². The smallest absolute Gasteiger partial charge is 0.269 e. The van der Waals surface area contributed by atoms with Crippen molar-refractivity contribution in [3.05, 3.63) is 33.9 Å². The van der Waals surface area contributed by atoms with Crippen LogP contribution in [0.1, 0.15) is 25.8 Å². The molecule has 5 nitrogen and oxygen atoms in total. The molecule has 18 heavy (non-hydrogen) atoms. The van der Waals surface area contributed by atoms with Crippen LogP contribution in [0.4, 0.5) is 5.69 Å². The van der Waals surface area contributed by atoms with Gasteiger partial charge in [0.05, 0.1) is 23.0 Å². The number of rotatable bonds is 5. The lowest BCUT2D eigenvalue weighted by Gasteiger charge is -2.16. The second kappa shape index (κ2) is 5.50. The summed E-state index contributed by atoms with van der Waals surface area (Å²) in [6.07, 6.45) is 0.611. The van der Waals surface area contributed by atoms with Crippen LogP contribution in [0.3, 0.4) is 0 Å². The van der Waals surface area contributed by atoms with E-state index in [2.05, 4.69) is 6.07 Å². The number of nitro benzene ring substituents is 1. The van der Waals surface area contributed by atoms with E-state index >= 15 is 0 Å². The van der Waals surface area contributed by atoms with Crippen molar-refractivity contribution in [2.75, 3.05) is 6.61 Å². The van der Waals surface area contributed by atoms with Crippen LogP contribution < -0.4 is 4.74 Å². The van der Waals surface area contributed by atoms with Crippen LogP contribution in [0.25, 0.3) is 0 Å². The third kappa shape index (κ3) is 3.74. The second-order valence-corrected chi connectivity index (χ2v) is 4.80. The number of nitrogens with zero attached hydrogens (tertiary/aromatic N) is 2. The fraction of sp³-hybridized carbons (Fsp3) is 0.462. The van der Waals surface area contributed by atoms with E-state index in [1.165, 1.54) is 12.1 Å². The maximum Gasteiger partial charge on any atom is 0.269 e. The van der Waals surface area contributed by atoms with E-state index in [0.29, 0.717) is 18.8 Å². The number of nitriles is 1. The van der Waals surface area contributed by atoms with Gasteiger partial charge < -0.3 is 4.74 Å². The summed E-state index contributed by atoms with van der Waals surface area (Å²) < 4.78 is 5.54. The van der Waals surface area contributed by atoms with Crippen LogP contribution in [0.2, 0.25) is 0 Å². The van der Waals surface area contributed by atoms with E-state index < -0.39 is 10.3 Å². The van der Waals surface area contributed by atoms with E-state index in [9.17, 15) is 10.1 Å². The van der Waals surface area contributed by atoms with Gasteiger partial charge in [0.2, 0.25) is 0 Å². The quantitative estimate of drug-likeness (QED) is 0.592. The highest BCUT2D eigenvalue weighted by Crippen LogP contribution is 2.25. The van der Waals surface area contributed by atoms with Crippen molar-refractivity contribution < 1.29 is 9.66 Å². The average molecular weight is 248 g/mol. The van der Waals surface area contributed by atoms with Gasteiger partial charge in [-0.25, -0.2) is 0 Å². The van der Waals surface area contributed by atoms with Gasteiger partial charge in [-0.3, -0.25) is 10.1 Å². The Morgan fingerprint density at radius 2 is 2.17 bits per heavy atom. The number of non-ortho nitro benzene ring substituents is 1. The lowest BCUT2D eigenvalue weighted by atomic mass is 9.92. The fourth-order valence-corrected chi connectivity index (χ4v) is 1.38. The third-order valence-corrected chi connectivity index (χ3v) is 2.66. The zero-order valence-corrected chi connectivity index (χ0v) is 10.8. The largest absolute Gasteiger partial charge is 0.493 e. The Morgan fingerprint density at radius 1 is 1.50 bits per heavy atom. The summed E-state index contributed by atoms with van der Waals surface area (Å²) in [7, 11) is 0. The van der Waals surface area contributed by atoms with E-state index in [1.54, 1.807) is 13.0 Å². The highest BCUT2D eigenvalue weighted by atomic mass is 16.6. The molecule has 0 aliphatic carbocycles. The van der Waals surface area contributed by atoms with Crippen LogP contribution in [-0.2, 0) is 0 Å². The first-order chi connectivity index (χ1) is 8.35. The van der Waals surface area contributed by atoms with Crippen LogP contribution in [0.15, 0.2) is 18.2 Å². The summed E-state index contributed by atoms with van der Waals surface area (Å²) in [6, 6.07) is 6.68. The normalized spacial score (nSPS) is 10.8. The monoisotopic (exact) mass is 248 g/mol. The van der Waals surface area contributed by atoms with Gasteiger partial charge in [0, 0.05) is 12.1 Å². The molecule has 0 spiro atoms. The first-order valence-corrected chi connectivity index (χ1v) is 5.65. The summed E-state index contributed by atoms with van der Waals surface area (Å²) in [5, 5.41) is 19.4. The number of hydrogen-bond donors (Lipinski definition) is 0. The minimum absolute atomic E-state index is 0.0530. The Kier molecular flexibility index (Phi) is 4.27. The second-order valence-electron chi connectivity index (χ2n) is 4.80. The molecule has 0 N–H and O–H groups in total. The highest BCUT2D eigenvalue weighted by Gasteiger charge is 2.17. The summed E-state index contributed by atoms with van der Waals surface area (Å²) in [4.78, 5) is 10.1. The molecule has 0 saturated heterocycles. The number of ether oxygens (including phenoxy) is 1. The molecule has 0 unspecified atom stereocenters. The molecule has 0 aliphatic rings. The summed E-state index contributed by atoms with van der Waals surface area (Å²) in [6.45, 7) is 5.87. The summed E-state index contributed by atoms with van der Waals surface area (Å²) in [5.74, 6) is 0.620. The third-order valence-electron chi connectivity index (χ3n) is 2.66. The standard InChI is InChI=1S/C13H16N2O3/c1-10-8-11(15(16)17)4-5-12(10)18-7-6-13(2,3)9-14/h4-5,8H,6-7H2,1-3H3. The van der Waals surface area contributed by atoms with Gasteiger partial charge in [-0.05, 0) is 38.8 Å². The SMILES string of the molecule is Cc1cc([N+](=O)[O-])ccc1OCCC(C)(C)C#N. The van der Waals surface area contributed by atoms with Crippen LogP contribution in [-0.4, -0.2) is 11.5 Å². The topological polar surface area (TPSA) is 76.2 Å². The van der Waals surface area contributed by atoms with Gasteiger partial charge >= 0.3 is 0 Å². The number of hydrogen-bond acceptors (Lipinski definition) is 4. The Hall–Kier alpha value is -2.09. The highest BCUT2D eigenvalue weighted by molar-refractivity contribution is 5.42. The predicted octanol–water partition coefficient (Wildman–Crippen LogP) is 3.22. The molecule has 0 heterocycles. The Labute approximate surface area is 106 Å². The minimum Gasteiger partial charge on any atom is -0.493 e. The van der Waals surface area contributed by atoms with E-state index in [4.69, 9.17) is 10.00 Å². The maximum atomic E-state index is 10.6. The van der Waals surface area contributed by atoms with Crippen molar-refractivity contribution in [1.82, 2.24) is 0 Å². The average Bonchev–Trinajstić information content (AvgIpc) is 2.31. The van der Waals surface area contributed by atoms with Gasteiger partial charge in [-0.15, -0.1) is 0 Å². The molecular weight excluding hydrogens is 232 g/mol. The lowest BCUT2D eigenvalue weighted by Crippen LogP contribution is -2.13. The lowest BCUT2D eigenvalue weighted by molar-refractivity contribution is -0.384. The van der Waals surface area contributed by atoms with Crippen molar-refractivity contribution in [1.29, 1.82) is 5.26 Å². The molecule has 5 heteroatoms. The van der Waals surface area contributed by atoms with Crippen LogP contribution >= 0.6 is 0 Å². The molecule has 0 bridgehead atoms. The molecule has 1 aromatic rings. The molecule has 96 valence electrons. The molecule has 0 aromatic heterocycles. The summed E-state index contributed by atoms with van der Waals surface area (Å²) >= 11 is 0. The van der Waals surface area contributed by atoms with Gasteiger partial charge in [0.25, 0.3) is 5.69 Å². The molecule has 0 fully saturated rings. The number of benzene rings is 1. The first kappa shape index (κ1) is 14.0. The Bertz CT molecular complexity index is 489. The molecular formula is C13H16N2O3. The van der Waals surface area contributed by atoms with E-state index in [1.807, 2.05) is 13.8 Å². The van der Waals surface area contributed by atoms with Gasteiger partial charge in [-0.2, -0.15) is 5.26 Å². The molecule has 0 amide bonds. The number of nitro groups is 1. The Balaban J connectivity index is 2.65. The van der Waals surface area contributed by atoms with Gasteiger partial charge in [-0.1, -0.05) is 0 Å². The van der Waals surface area contributed by atoms with Crippen molar-refractivity contribution in [3.63, 3.8) is 0 Å². The molecule has 1 rings (SSSR count). The molecule has 0 atom stereocenters. The predicted molar refractivity (Wildman–Crippen MR) is 67.3 cm³/mol. The fourth-order valence-electron chi connectivity index (χ4n) is 1.38. The van der Waals surface area contributed by atoms with Crippen molar-refractivity contribution >= 4 is 5.69 Å². The van der Waals surface area contributed by atoms with Crippen molar-refractivity contribution in [2.24, 2.45) is 5.41 Å². The van der Waals surface area contributed by atoms with Crippen molar-refractivity contribution in [2.45, 2.75) is 27.2 Å². The zero-order valence-electron chi connectivity index (χ0n) is 10.8. The molecule has 0 saturated carbocycles. The minimum atomic E-state index is -0.435. The van der Waals surface area contributed by atoms with Gasteiger partial charge in [0.1, 0.15) is 5.75 Å². The van der Waals surface area contributed by atoms with Crippen LogP contribution in [0, 0.1) is 33.8 Å². The summed E-state index contributed by atoms with van der Waals surface area (Å²) in [5.41, 5.74) is 0.352. The van der Waals surface area contributed by atoms with E-state index in [-0.39, 0.29) is 5.69 Å².